The van der Waals surface area contributed by atoms with Crippen LogP contribution < -0.4 is 0 Å². The molecule has 1 heterocycles. The van der Waals surface area contributed by atoms with Crippen molar-refractivity contribution in [2.75, 3.05) is 6.61 Å². The van der Waals surface area contributed by atoms with E-state index in [0.29, 0.717) is 12.5 Å². The van der Waals surface area contributed by atoms with Crippen LogP contribution in [-0.2, 0) is 9.53 Å². The van der Waals surface area contributed by atoms with E-state index in [1.165, 1.54) is 6.08 Å². The maximum atomic E-state index is 9.64. The van der Waals surface area contributed by atoms with Gasteiger partial charge in [-0.2, -0.15) is 0 Å². The van der Waals surface area contributed by atoms with Crippen LogP contribution in [0.2, 0.25) is 0 Å². The zero-order valence-electron chi connectivity index (χ0n) is 4.70. The molecule has 3 heteroatoms. The predicted octanol–water partition coefficient (Wildman–Crippen LogP) is 0.750. The number of hydrogen-bond donors (Lipinski definition) is 0. The fraction of sp³-hybridized carbons (Fsp3) is 0.167. The molecule has 0 saturated heterocycles. The summed E-state index contributed by atoms with van der Waals surface area (Å²) in [6, 6.07) is 0. The molecule has 0 atom stereocenters. The second-order valence-corrected chi connectivity index (χ2v) is 1.45. The van der Waals surface area contributed by atoms with E-state index in [1.807, 2.05) is 6.08 Å². The number of isocyanates is 1. The number of hydrogen-bond acceptors (Lipinski definition) is 3. The smallest absolute Gasteiger partial charge is 0.243 e. The van der Waals surface area contributed by atoms with E-state index in [9.17, 15) is 4.79 Å². The summed E-state index contributed by atoms with van der Waals surface area (Å²) in [6.07, 6.45) is 6.59. The third kappa shape index (κ3) is 1.55. The Labute approximate surface area is 52.3 Å². The second kappa shape index (κ2) is 2.84. The third-order valence-electron chi connectivity index (χ3n) is 0.858. The predicted molar refractivity (Wildman–Crippen MR) is 31.3 cm³/mol. The SMILES string of the molecule is O=C=NC1=CC=CCO1. The molecule has 0 radical (unpaired) electrons. The number of carbonyl (C=O) groups excluding carboxylic acids is 1. The summed E-state index contributed by atoms with van der Waals surface area (Å²) in [7, 11) is 0. The first kappa shape index (κ1) is 5.79. The fourth-order valence-corrected chi connectivity index (χ4v) is 0.502. The van der Waals surface area contributed by atoms with Crippen LogP contribution in [0.25, 0.3) is 0 Å². The van der Waals surface area contributed by atoms with Crippen molar-refractivity contribution in [1.82, 2.24) is 0 Å². The summed E-state index contributed by atoms with van der Waals surface area (Å²) in [5, 5.41) is 0. The summed E-state index contributed by atoms with van der Waals surface area (Å²) >= 11 is 0. The Hall–Kier alpha value is -1.34. The molecule has 0 N–H and O–H groups in total. The first-order chi connectivity index (χ1) is 4.43. The van der Waals surface area contributed by atoms with Crippen molar-refractivity contribution in [3.8, 4) is 0 Å². The van der Waals surface area contributed by atoms with Gasteiger partial charge in [0.05, 0.1) is 0 Å². The molecule has 0 aliphatic carbocycles. The molecule has 0 spiro atoms. The Bertz CT molecular complexity index is 199. The Morgan fingerprint density at radius 3 is 3.22 bits per heavy atom. The van der Waals surface area contributed by atoms with Crippen LogP contribution in [-0.4, -0.2) is 12.7 Å². The molecule has 0 aromatic carbocycles. The minimum atomic E-state index is 0.326. The fourth-order valence-electron chi connectivity index (χ4n) is 0.502. The van der Waals surface area contributed by atoms with E-state index in [2.05, 4.69) is 4.99 Å². The van der Waals surface area contributed by atoms with E-state index in [0.717, 1.165) is 0 Å². The summed E-state index contributed by atoms with van der Waals surface area (Å²) in [5.74, 6) is 0.326. The molecule has 0 bridgehead atoms. The van der Waals surface area contributed by atoms with Gasteiger partial charge in [0.1, 0.15) is 6.61 Å². The van der Waals surface area contributed by atoms with Gasteiger partial charge < -0.3 is 4.74 Å². The lowest BCUT2D eigenvalue weighted by molar-refractivity contribution is 0.241. The zero-order chi connectivity index (χ0) is 6.53. The topological polar surface area (TPSA) is 38.7 Å². The first-order valence-electron chi connectivity index (χ1n) is 2.51. The number of allylic oxidation sites excluding steroid dienone is 2. The number of aliphatic imine (C=N–C) groups is 1. The highest BCUT2D eigenvalue weighted by atomic mass is 16.5. The maximum Gasteiger partial charge on any atom is 0.243 e. The molecule has 0 unspecified atom stereocenters. The van der Waals surface area contributed by atoms with Gasteiger partial charge in [0, 0.05) is 6.08 Å². The van der Waals surface area contributed by atoms with E-state index < -0.39 is 0 Å². The van der Waals surface area contributed by atoms with Gasteiger partial charge in [-0.3, -0.25) is 0 Å². The van der Waals surface area contributed by atoms with E-state index >= 15 is 0 Å². The van der Waals surface area contributed by atoms with Crippen LogP contribution in [0.4, 0.5) is 0 Å². The van der Waals surface area contributed by atoms with Crippen molar-refractivity contribution < 1.29 is 9.53 Å². The van der Waals surface area contributed by atoms with Gasteiger partial charge >= 0.3 is 0 Å². The molecule has 9 heavy (non-hydrogen) atoms. The van der Waals surface area contributed by atoms with Gasteiger partial charge in [0.2, 0.25) is 12.0 Å². The van der Waals surface area contributed by atoms with Gasteiger partial charge in [-0.25, -0.2) is 4.79 Å². The highest BCUT2D eigenvalue weighted by Crippen LogP contribution is 2.02. The van der Waals surface area contributed by atoms with Crippen molar-refractivity contribution in [1.29, 1.82) is 0 Å². The van der Waals surface area contributed by atoms with Crippen molar-refractivity contribution in [3.63, 3.8) is 0 Å². The molecule has 0 fully saturated rings. The van der Waals surface area contributed by atoms with E-state index in [-0.39, 0.29) is 0 Å². The van der Waals surface area contributed by atoms with E-state index in [4.69, 9.17) is 4.74 Å². The zero-order valence-corrected chi connectivity index (χ0v) is 4.70. The quantitative estimate of drug-likeness (QED) is 0.381. The first-order valence-corrected chi connectivity index (χ1v) is 2.51. The molecular formula is C6H5NO2. The number of ether oxygens (including phenoxy) is 1. The summed E-state index contributed by atoms with van der Waals surface area (Å²) in [4.78, 5) is 12.9. The molecule has 0 amide bonds. The molecule has 46 valence electrons. The molecular weight excluding hydrogens is 118 g/mol. The Balaban J connectivity index is 2.68. The lowest BCUT2D eigenvalue weighted by Crippen LogP contribution is -1.92. The molecule has 3 nitrogen and oxygen atoms in total. The lowest BCUT2D eigenvalue weighted by atomic mass is 10.4. The van der Waals surface area contributed by atoms with Crippen molar-refractivity contribution >= 4 is 6.08 Å². The maximum absolute atomic E-state index is 9.64. The van der Waals surface area contributed by atoms with Gasteiger partial charge in [-0.15, -0.1) is 4.99 Å². The van der Waals surface area contributed by atoms with Gasteiger partial charge in [-0.1, -0.05) is 6.08 Å². The summed E-state index contributed by atoms with van der Waals surface area (Å²) in [6.45, 7) is 0.483. The van der Waals surface area contributed by atoms with Crippen LogP contribution in [0.3, 0.4) is 0 Å². The van der Waals surface area contributed by atoms with Crippen LogP contribution in [0.5, 0.6) is 0 Å². The minimum absolute atomic E-state index is 0.326. The monoisotopic (exact) mass is 123 g/mol. The summed E-state index contributed by atoms with van der Waals surface area (Å²) < 4.78 is 4.86. The van der Waals surface area contributed by atoms with Crippen molar-refractivity contribution in [2.45, 2.75) is 0 Å². The number of rotatable bonds is 1. The minimum Gasteiger partial charge on any atom is -0.473 e. The molecule has 0 saturated carbocycles. The van der Waals surface area contributed by atoms with Crippen molar-refractivity contribution in [2.24, 2.45) is 4.99 Å². The average Bonchev–Trinajstić information content (AvgIpc) is 1.91. The molecule has 0 aromatic rings. The highest BCUT2D eigenvalue weighted by Gasteiger charge is 1.94. The van der Waals surface area contributed by atoms with Crippen LogP contribution >= 0.6 is 0 Å². The molecule has 1 aliphatic rings. The lowest BCUT2D eigenvalue weighted by Gasteiger charge is -2.02. The molecule has 1 aliphatic heterocycles. The highest BCUT2D eigenvalue weighted by molar-refractivity contribution is 5.36. The Morgan fingerprint density at radius 2 is 2.67 bits per heavy atom. The largest absolute Gasteiger partial charge is 0.473 e. The normalized spacial score (nSPS) is 15.3. The van der Waals surface area contributed by atoms with Crippen LogP contribution in [0, 0.1) is 0 Å². The molecule has 0 aromatic heterocycles. The van der Waals surface area contributed by atoms with Gasteiger partial charge in [-0.05, 0) is 6.08 Å². The van der Waals surface area contributed by atoms with Crippen LogP contribution in [0.1, 0.15) is 0 Å². The Kier molecular flexibility index (Phi) is 1.83. The van der Waals surface area contributed by atoms with Crippen LogP contribution in [0.15, 0.2) is 29.1 Å². The Morgan fingerprint density at radius 1 is 1.78 bits per heavy atom. The summed E-state index contributed by atoms with van der Waals surface area (Å²) in [5.41, 5.74) is 0. The van der Waals surface area contributed by atoms with Crippen molar-refractivity contribution in [3.05, 3.63) is 24.1 Å². The molecule has 1 rings (SSSR count). The van der Waals surface area contributed by atoms with E-state index in [1.54, 1.807) is 12.2 Å². The number of nitrogens with zero attached hydrogens (tertiary/aromatic N) is 1. The average molecular weight is 123 g/mol. The van der Waals surface area contributed by atoms with Gasteiger partial charge in [0.15, 0.2) is 0 Å². The van der Waals surface area contributed by atoms with Gasteiger partial charge in [0.25, 0.3) is 0 Å². The standard InChI is InChI=1S/C6H5NO2/c8-5-7-6-3-1-2-4-9-6/h1-3H,4H2. The second-order valence-electron chi connectivity index (χ2n) is 1.45. The third-order valence-corrected chi connectivity index (χ3v) is 0.858.